The van der Waals surface area contributed by atoms with Gasteiger partial charge >= 0.3 is 0 Å². The third-order valence-electron chi connectivity index (χ3n) is 3.59. The van der Waals surface area contributed by atoms with Gasteiger partial charge in [0.1, 0.15) is 0 Å². The number of hydrogen-bond donors (Lipinski definition) is 2. The molecule has 1 fully saturated rings. The van der Waals surface area contributed by atoms with Crippen molar-refractivity contribution in [1.82, 2.24) is 5.32 Å². The number of halogens is 1. The fraction of sp³-hybridized carbons (Fsp3) is 0.571. The molecule has 0 spiro atoms. The van der Waals surface area contributed by atoms with Crippen LogP contribution in [0, 0.1) is 0 Å². The van der Waals surface area contributed by atoms with Gasteiger partial charge in [0.05, 0.1) is 16.3 Å². The van der Waals surface area contributed by atoms with Gasteiger partial charge < -0.3 is 15.3 Å². The van der Waals surface area contributed by atoms with E-state index in [0.29, 0.717) is 0 Å². The second-order valence-corrected chi connectivity index (χ2v) is 5.67. The Labute approximate surface area is 114 Å². The molecule has 0 unspecified atom stereocenters. The molecule has 4 heteroatoms. The third kappa shape index (κ3) is 2.97. The third-order valence-corrected chi connectivity index (χ3v) is 3.90. The number of piperidine rings is 1. The average molecular weight is 269 g/mol. The van der Waals surface area contributed by atoms with Crippen molar-refractivity contribution in [2.24, 2.45) is 0 Å². The highest BCUT2D eigenvalue weighted by molar-refractivity contribution is 6.33. The summed E-state index contributed by atoms with van der Waals surface area (Å²) in [7, 11) is 1.94. The van der Waals surface area contributed by atoms with Gasteiger partial charge in [0.25, 0.3) is 0 Å². The largest absolute Gasteiger partial charge is 0.390 e. The van der Waals surface area contributed by atoms with Crippen molar-refractivity contribution in [3.63, 3.8) is 0 Å². The molecule has 2 N–H and O–H groups in total. The zero-order chi connectivity index (χ0) is 13.2. The molecule has 3 nitrogen and oxygen atoms in total. The second kappa shape index (κ2) is 5.47. The van der Waals surface area contributed by atoms with Crippen molar-refractivity contribution in [2.75, 3.05) is 25.0 Å². The number of benzene rings is 1. The molecule has 1 aliphatic heterocycles. The molecule has 2 rings (SSSR count). The van der Waals surface area contributed by atoms with Crippen LogP contribution in [0.5, 0.6) is 0 Å². The van der Waals surface area contributed by atoms with Gasteiger partial charge in [-0.2, -0.15) is 0 Å². The molecule has 0 saturated carbocycles. The van der Waals surface area contributed by atoms with Crippen molar-refractivity contribution < 1.29 is 5.11 Å². The first-order valence-corrected chi connectivity index (χ1v) is 6.80. The molecule has 0 aliphatic carbocycles. The van der Waals surface area contributed by atoms with Gasteiger partial charge in [0.15, 0.2) is 0 Å². The van der Waals surface area contributed by atoms with Crippen LogP contribution in [-0.4, -0.2) is 30.8 Å². The molecular weight excluding hydrogens is 248 g/mol. The predicted molar refractivity (Wildman–Crippen MR) is 76.3 cm³/mol. The Morgan fingerprint density at radius 3 is 2.67 bits per heavy atom. The summed E-state index contributed by atoms with van der Waals surface area (Å²) >= 11 is 6.34. The van der Waals surface area contributed by atoms with Crippen molar-refractivity contribution in [3.8, 4) is 0 Å². The molecule has 0 radical (unpaired) electrons. The highest BCUT2D eigenvalue weighted by Crippen LogP contribution is 2.33. The first kappa shape index (κ1) is 13.7. The van der Waals surface area contributed by atoms with Crippen molar-refractivity contribution in [1.29, 1.82) is 0 Å². The Hall–Kier alpha value is -0.770. The molecule has 0 bridgehead atoms. The van der Waals surface area contributed by atoms with Crippen LogP contribution in [-0.2, 0) is 6.54 Å². The monoisotopic (exact) mass is 268 g/mol. The smallest absolute Gasteiger partial charge is 0.0653 e. The Morgan fingerprint density at radius 1 is 1.39 bits per heavy atom. The van der Waals surface area contributed by atoms with Crippen LogP contribution < -0.4 is 10.2 Å². The fourth-order valence-corrected chi connectivity index (χ4v) is 2.77. The summed E-state index contributed by atoms with van der Waals surface area (Å²) in [5.74, 6) is 0. The van der Waals surface area contributed by atoms with Gasteiger partial charge in [-0.05, 0) is 38.4 Å². The number of anilines is 1. The van der Waals surface area contributed by atoms with Crippen LogP contribution in [0.1, 0.15) is 25.3 Å². The summed E-state index contributed by atoms with van der Waals surface area (Å²) in [4.78, 5) is 2.28. The number of nitrogens with zero attached hydrogens (tertiary/aromatic N) is 1. The standard InChI is InChI=1S/C14H21ClN2O/c1-14(18)6-8-17(9-7-14)13-11(10-16-2)4-3-5-12(13)15/h3-5,16,18H,6-10H2,1-2H3. The van der Waals surface area contributed by atoms with Gasteiger partial charge in [0.2, 0.25) is 0 Å². The van der Waals surface area contributed by atoms with Crippen LogP contribution in [0.3, 0.4) is 0 Å². The molecule has 1 aliphatic rings. The molecule has 1 aromatic carbocycles. The summed E-state index contributed by atoms with van der Waals surface area (Å²) in [6, 6.07) is 6.02. The maximum atomic E-state index is 10.0. The first-order chi connectivity index (χ1) is 8.53. The fourth-order valence-electron chi connectivity index (χ4n) is 2.46. The quantitative estimate of drug-likeness (QED) is 0.884. The normalized spacial score (nSPS) is 19.0. The van der Waals surface area contributed by atoms with Gasteiger partial charge in [0, 0.05) is 19.6 Å². The summed E-state index contributed by atoms with van der Waals surface area (Å²) in [5.41, 5.74) is 1.80. The Morgan fingerprint density at radius 2 is 2.06 bits per heavy atom. The molecular formula is C14H21ClN2O. The van der Waals surface area contributed by atoms with E-state index in [1.165, 1.54) is 5.56 Å². The van der Waals surface area contributed by atoms with Crippen LogP contribution >= 0.6 is 11.6 Å². The number of aliphatic hydroxyl groups is 1. The number of rotatable bonds is 3. The maximum absolute atomic E-state index is 10.0. The van der Waals surface area contributed by atoms with E-state index in [1.54, 1.807) is 0 Å². The summed E-state index contributed by atoms with van der Waals surface area (Å²) in [6.07, 6.45) is 1.58. The van der Waals surface area contributed by atoms with Crippen molar-refractivity contribution in [2.45, 2.75) is 31.9 Å². The predicted octanol–water partition coefficient (Wildman–Crippen LogP) is 2.41. The van der Waals surface area contributed by atoms with E-state index in [0.717, 1.165) is 43.2 Å². The summed E-state index contributed by atoms with van der Waals surface area (Å²) in [5, 5.41) is 14.0. The van der Waals surface area contributed by atoms with E-state index >= 15 is 0 Å². The minimum atomic E-state index is -0.527. The molecule has 1 saturated heterocycles. The number of nitrogens with one attached hydrogen (secondary N) is 1. The Kier molecular flexibility index (Phi) is 4.15. The Balaban J connectivity index is 2.22. The first-order valence-electron chi connectivity index (χ1n) is 6.43. The lowest BCUT2D eigenvalue weighted by molar-refractivity contribution is 0.0351. The summed E-state index contributed by atoms with van der Waals surface area (Å²) in [6.45, 7) is 4.43. The molecule has 100 valence electrons. The maximum Gasteiger partial charge on any atom is 0.0653 e. The van der Waals surface area contributed by atoms with E-state index in [9.17, 15) is 5.11 Å². The van der Waals surface area contributed by atoms with Crippen molar-refractivity contribution in [3.05, 3.63) is 28.8 Å². The van der Waals surface area contributed by atoms with Crippen molar-refractivity contribution >= 4 is 17.3 Å². The molecule has 0 aromatic heterocycles. The zero-order valence-electron chi connectivity index (χ0n) is 11.0. The number of hydrogen-bond acceptors (Lipinski definition) is 3. The van der Waals surface area contributed by atoms with Crippen LogP contribution in [0.25, 0.3) is 0 Å². The minimum absolute atomic E-state index is 0.527. The van der Waals surface area contributed by atoms with Crippen LogP contribution in [0.2, 0.25) is 5.02 Å². The van der Waals surface area contributed by atoms with E-state index in [-0.39, 0.29) is 0 Å². The van der Waals surface area contributed by atoms with Gasteiger partial charge in [-0.15, -0.1) is 0 Å². The van der Waals surface area contributed by atoms with Crippen LogP contribution in [0.4, 0.5) is 5.69 Å². The SMILES string of the molecule is CNCc1cccc(Cl)c1N1CCC(C)(O)CC1. The molecule has 1 heterocycles. The van der Waals surface area contributed by atoms with Gasteiger partial charge in [-0.25, -0.2) is 0 Å². The molecule has 0 atom stereocenters. The van der Waals surface area contributed by atoms with Crippen LogP contribution in [0.15, 0.2) is 18.2 Å². The molecule has 0 amide bonds. The topological polar surface area (TPSA) is 35.5 Å². The van der Waals surface area contributed by atoms with E-state index in [1.807, 2.05) is 26.1 Å². The summed E-state index contributed by atoms with van der Waals surface area (Å²) < 4.78 is 0. The highest BCUT2D eigenvalue weighted by atomic mass is 35.5. The lowest BCUT2D eigenvalue weighted by Gasteiger charge is -2.38. The van der Waals surface area contributed by atoms with Gasteiger partial charge in [-0.3, -0.25) is 0 Å². The van der Waals surface area contributed by atoms with E-state index in [4.69, 9.17) is 11.6 Å². The lowest BCUT2D eigenvalue weighted by Crippen LogP contribution is -2.43. The van der Waals surface area contributed by atoms with Gasteiger partial charge in [-0.1, -0.05) is 23.7 Å². The minimum Gasteiger partial charge on any atom is -0.390 e. The van der Waals surface area contributed by atoms with E-state index in [2.05, 4.69) is 16.3 Å². The number of para-hydroxylation sites is 1. The molecule has 18 heavy (non-hydrogen) atoms. The van der Waals surface area contributed by atoms with E-state index < -0.39 is 5.60 Å². The zero-order valence-corrected chi connectivity index (χ0v) is 11.8. The lowest BCUT2D eigenvalue weighted by atomic mass is 9.93. The second-order valence-electron chi connectivity index (χ2n) is 5.26. The highest BCUT2D eigenvalue weighted by Gasteiger charge is 2.28. The average Bonchev–Trinajstić information content (AvgIpc) is 2.31. The molecule has 1 aromatic rings. The Bertz CT molecular complexity index is 410.